The zero-order valence-electron chi connectivity index (χ0n) is 10.2. The highest BCUT2D eigenvalue weighted by Crippen LogP contribution is 2.03. The van der Waals surface area contributed by atoms with Crippen LogP contribution in [0.5, 0.6) is 0 Å². The minimum absolute atomic E-state index is 0.0101. The summed E-state index contributed by atoms with van der Waals surface area (Å²) in [5, 5.41) is 3.10. The van der Waals surface area contributed by atoms with Crippen molar-refractivity contribution in [1.82, 2.24) is 5.32 Å². The van der Waals surface area contributed by atoms with Gasteiger partial charge < -0.3 is 10.1 Å². The Morgan fingerprint density at radius 2 is 2.00 bits per heavy atom. The molecule has 0 radical (unpaired) electrons. The van der Waals surface area contributed by atoms with Crippen LogP contribution in [0.4, 0.5) is 0 Å². The minimum Gasteiger partial charge on any atom is -0.468 e. The summed E-state index contributed by atoms with van der Waals surface area (Å²) < 4.78 is 27.6. The van der Waals surface area contributed by atoms with Crippen molar-refractivity contribution < 1.29 is 17.9 Å². The summed E-state index contributed by atoms with van der Waals surface area (Å²) in [6, 6.07) is -0.0790. The lowest BCUT2D eigenvalue weighted by Gasteiger charge is -2.16. The molecule has 5 nitrogen and oxygen atoms in total. The number of nitrogens with one attached hydrogen (secondary N) is 1. The molecule has 96 valence electrons. The summed E-state index contributed by atoms with van der Waals surface area (Å²) in [7, 11) is -2.19. The van der Waals surface area contributed by atoms with Crippen LogP contribution in [0.1, 0.15) is 26.7 Å². The van der Waals surface area contributed by atoms with Crippen molar-refractivity contribution in [3.8, 4) is 0 Å². The lowest BCUT2D eigenvalue weighted by Crippen LogP contribution is -2.37. The highest BCUT2D eigenvalue weighted by atomic mass is 32.2. The van der Waals surface area contributed by atoms with Crippen molar-refractivity contribution in [1.29, 1.82) is 0 Å². The van der Waals surface area contributed by atoms with Crippen LogP contribution in [0, 0.1) is 0 Å². The summed E-state index contributed by atoms with van der Waals surface area (Å²) >= 11 is 0. The molecule has 0 spiro atoms. The number of methoxy groups -OCH3 is 1. The van der Waals surface area contributed by atoms with Gasteiger partial charge in [0.1, 0.15) is 5.75 Å². The second-order valence-electron chi connectivity index (χ2n) is 3.67. The number of hydrogen-bond acceptors (Lipinski definition) is 5. The Morgan fingerprint density at radius 3 is 2.44 bits per heavy atom. The Bertz CT molecular complexity index is 294. The van der Waals surface area contributed by atoms with Crippen molar-refractivity contribution in [3.05, 3.63) is 0 Å². The van der Waals surface area contributed by atoms with Crippen LogP contribution in [-0.4, -0.2) is 45.6 Å². The van der Waals surface area contributed by atoms with Crippen molar-refractivity contribution in [3.63, 3.8) is 0 Å². The zero-order valence-corrected chi connectivity index (χ0v) is 11.0. The highest BCUT2D eigenvalue weighted by Gasteiger charge is 2.21. The van der Waals surface area contributed by atoms with Gasteiger partial charge in [0.2, 0.25) is 0 Å². The summed E-state index contributed by atoms with van der Waals surface area (Å²) in [6.45, 7) is 4.64. The molecule has 0 aliphatic rings. The average Bonchev–Trinajstić information content (AvgIpc) is 2.17. The molecule has 0 aromatic carbocycles. The van der Waals surface area contributed by atoms with Gasteiger partial charge in [-0.25, -0.2) is 8.42 Å². The quantitative estimate of drug-likeness (QED) is 0.630. The fourth-order valence-electron chi connectivity index (χ4n) is 1.49. The van der Waals surface area contributed by atoms with Crippen LogP contribution in [0.3, 0.4) is 0 Å². The van der Waals surface area contributed by atoms with Crippen LogP contribution in [-0.2, 0) is 19.4 Å². The van der Waals surface area contributed by atoms with Gasteiger partial charge in [-0.15, -0.1) is 0 Å². The van der Waals surface area contributed by atoms with Crippen LogP contribution < -0.4 is 5.32 Å². The Hall–Kier alpha value is -0.620. The largest absolute Gasteiger partial charge is 0.468 e. The maximum absolute atomic E-state index is 11.6. The van der Waals surface area contributed by atoms with E-state index in [1.165, 1.54) is 7.11 Å². The molecule has 0 bridgehead atoms. The van der Waals surface area contributed by atoms with Gasteiger partial charge in [-0.05, 0) is 13.0 Å². The molecule has 0 aromatic heterocycles. The molecule has 0 saturated heterocycles. The van der Waals surface area contributed by atoms with E-state index in [4.69, 9.17) is 0 Å². The van der Waals surface area contributed by atoms with Crippen molar-refractivity contribution in [2.75, 3.05) is 25.2 Å². The maximum Gasteiger partial charge on any atom is 0.320 e. The third-order valence-electron chi connectivity index (χ3n) is 2.15. The molecule has 0 heterocycles. The Labute approximate surface area is 97.5 Å². The number of hydrogen-bond donors (Lipinski definition) is 1. The number of rotatable bonds is 8. The average molecular weight is 251 g/mol. The summed E-state index contributed by atoms with van der Waals surface area (Å²) in [6.07, 6.45) is 1.69. The Kier molecular flexibility index (Phi) is 7.33. The topological polar surface area (TPSA) is 72.5 Å². The molecule has 0 saturated carbocycles. The van der Waals surface area contributed by atoms with Crippen LogP contribution in [0.15, 0.2) is 0 Å². The molecule has 6 heteroatoms. The molecule has 0 fully saturated rings. The van der Waals surface area contributed by atoms with Crippen LogP contribution >= 0.6 is 0 Å². The van der Waals surface area contributed by atoms with E-state index < -0.39 is 21.6 Å². The fraction of sp³-hybridized carbons (Fsp3) is 0.900. The molecule has 0 aromatic rings. The number of ether oxygens (including phenoxy) is 1. The van der Waals surface area contributed by atoms with Crippen molar-refractivity contribution in [2.45, 2.75) is 32.7 Å². The van der Waals surface area contributed by atoms with Crippen LogP contribution in [0.25, 0.3) is 0 Å². The monoisotopic (exact) mass is 251 g/mol. The van der Waals surface area contributed by atoms with E-state index >= 15 is 0 Å². The molecule has 0 aliphatic heterocycles. The third kappa shape index (κ3) is 6.79. The zero-order chi connectivity index (χ0) is 12.6. The van der Waals surface area contributed by atoms with Gasteiger partial charge in [0.15, 0.2) is 9.84 Å². The van der Waals surface area contributed by atoms with Crippen LogP contribution in [0.2, 0.25) is 0 Å². The molecule has 1 atom stereocenters. The lowest BCUT2D eigenvalue weighted by atomic mass is 10.2. The third-order valence-corrected chi connectivity index (χ3v) is 3.74. The Morgan fingerprint density at radius 1 is 1.38 bits per heavy atom. The van der Waals surface area contributed by atoms with Gasteiger partial charge in [-0.1, -0.05) is 20.3 Å². The van der Waals surface area contributed by atoms with Crippen molar-refractivity contribution in [2.24, 2.45) is 0 Å². The maximum atomic E-state index is 11.6. The predicted octanol–water partition coefficient (Wildman–Crippen LogP) is 0.352. The van der Waals surface area contributed by atoms with E-state index in [-0.39, 0.29) is 11.8 Å². The first kappa shape index (κ1) is 15.4. The van der Waals surface area contributed by atoms with Gasteiger partial charge in [0, 0.05) is 6.04 Å². The van der Waals surface area contributed by atoms with Gasteiger partial charge in [-0.3, -0.25) is 4.79 Å². The van der Waals surface area contributed by atoms with E-state index in [1.807, 2.05) is 13.8 Å². The first-order valence-corrected chi connectivity index (χ1v) is 7.28. The molecular weight excluding hydrogens is 230 g/mol. The number of carbonyl (C=O) groups excluding carboxylic acids is 1. The standard InChI is InChI=1S/C10H21NO4S/c1-4-6-9(11-5-2)7-16(13,14)8-10(12)15-3/h9,11H,4-8H2,1-3H3. The van der Waals surface area contributed by atoms with E-state index in [1.54, 1.807) is 0 Å². The van der Waals surface area contributed by atoms with E-state index in [2.05, 4.69) is 10.1 Å². The summed E-state index contributed by atoms with van der Waals surface area (Å²) in [5.41, 5.74) is 0. The van der Waals surface area contributed by atoms with E-state index in [0.29, 0.717) is 0 Å². The normalized spacial score (nSPS) is 13.4. The molecule has 0 amide bonds. The SMILES string of the molecule is CCCC(CS(=O)(=O)CC(=O)OC)NCC. The lowest BCUT2D eigenvalue weighted by molar-refractivity contribution is -0.137. The number of carbonyl (C=O) groups is 1. The smallest absolute Gasteiger partial charge is 0.320 e. The molecule has 1 N–H and O–H groups in total. The van der Waals surface area contributed by atoms with Gasteiger partial charge >= 0.3 is 5.97 Å². The van der Waals surface area contributed by atoms with Crippen molar-refractivity contribution >= 4 is 15.8 Å². The Balaban J connectivity index is 4.35. The second kappa shape index (κ2) is 7.62. The second-order valence-corrected chi connectivity index (χ2v) is 5.78. The summed E-state index contributed by atoms with van der Waals surface area (Å²) in [5.74, 6) is -1.24. The minimum atomic E-state index is -3.37. The fourth-order valence-corrected chi connectivity index (χ4v) is 2.98. The number of sulfone groups is 1. The van der Waals surface area contributed by atoms with E-state index in [0.717, 1.165) is 19.4 Å². The molecule has 16 heavy (non-hydrogen) atoms. The van der Waals surface area contributed by atoms with Gasteiger partial charge in [0.05, 0.1) is 12.9 Å². The van der Waals surface area contributed by atoms with Gasteiger partial charge in [0.25, 0.3) is 0 Å². The highest BCUT2D eigenvalue weighted by molar-refractivity contribution is 7.92. The van der Waals surface area contributed by atoms with E-state index in [9.17, 15) is 13.2 Å². The molecular formula is C10H21NO4S. The first-order valence-electron chi connectivity index (χ1n) is 5.45. The molecule has 0 aliphatic carbocycles. The number of esters is 1. The molecule has 1 unspecified atom stereocenters. The van der Waals surface area contributed by atoms with Gasteiger partial charge in [-0.2, -0.15) is 0 Å². The predicted molar refractivity (Wildman–Crippen MR) is 63.0 cm³/mol. The first-order chi connectivity index (χ1) is 7.45. The molecule has 0 rings (SSSR count). The summed E-state index contributed by atoms with van der Waals surface area (Å²) in [4.78, 5) is 10.9.